The topological polar surface area (TPSA) is 87.9 Å². The van der Waals surface area contributed by atoms with Gasteiger partial charge in [-0.3, -0.25) is 4.79 Å². The van der Waals surface area contributed by atoms with Crippen LogP contribution in [0.3, 0.4) is 0 Å². The maximum absolute atomic E-state index is 16.1. The molecule has 9 nitrogen and oxygen atoms in total. The van der Waals surface area contributed by atoms with E-state index in [-0.39, 0.29) is 34.4 Å². The number of piperazine rings is 1. The van der Waals surface area contributed by atoms with Crippen LogP contribution in [-0.2, 0) is 4.79 Å². The normalized spacial score (nSPS) is 15.3. The van der Waals surface area contributed by atoms with Crippen LogP contribution in [0.1, 0.15) is 18.2 Å². The smallest absolute Gasteiger partial charge is 0.246 e. The first kappa shape index (κ1) is 27.1. The summed E-state index contributed by atoms with van der Waals surface area (Å²) in [5, 5.41) is 3.11. The second kappa shape index (κ2) is 10.7. The monoisotopic (exact) mass is 569 g/mol. The Bertz CT molecular complexity index is 1860. The van der Waals surface area contributed by atoms with Gasteiger partial charge in [-0.05, 0) is 57.2 Å². The van der Waals surface area contributed by atoms with Crippen molar-refractivity contribution < 1.29 is 18.3 Å². The molecule has 2 aromatic carbocycles. The van der Waals surface area contributed by atoms with E-state index in [9.17, 15) is 4.79 Å². The quantitative estimate of drug-likeness (QED) is 0.254. The number of pyridine rings is 1. The van der Waals surface area contributed by atoms with Crippen molar-refractivity contribution in [3.8, 4) is 11.5 Å². The molecule has 0 radical (unpaired) electrons. The fraction of sp³-hybridized carbons (Fsp3) is 0.226. The first-order valence-corrected chi connectivity index (χ1v) is 13.5. The van der Waals surface area contributed by atoms with Crippen LogP contribution in [0.5, 0.6) is 11.5 Å². The van der Waals surface area contributed by atoms with Gasteiger partial charge < -0.3 is 24.3 Å². The predicted octanol–water partition coefficient (Wildman–Crippen LogP) is 5.93. The van der Waals surface area contributed by atoms with E-state index in [1.54, 1.807) is 48.4 Å². The highest BCUT2D eigenvalue weighted by atomic mass is 19.1. The SMILES string of the molecule is C=CC(=O)N1CCN(c2ccc3ncnc(Nc4ccc(Oc5ccn6c(C)cnc6c5)c(C)c4F)c3c2F)C[C@H]1C. The van der Waals surface area contributed by atoms with Crippen LogP contribution in [0, 0.1) is 25.5 Å². The van der Waals surface area contributed by atoms with E-state index in [1.165, 1.54) is 18.5 Å². The van der Waals surface area contributed by atoms with E-state index >= 15 is 8.78 Å². The summed E-state index contributed by atoms with van der Waals surface area (Å²) in [6.07, 6.45) is 6.21. The Kier molecular flexibility index (Phi) is 6.93. The minimum atomic E-state index is -0.551. The van der Waals surface area contributed by atoms with Gasteiger partial charge >= 0.3 is 0 Å². The zero-order chi connectivity index (χ0) is 29.5. The van der Waals surface area contributed by atoms with Crippen LogP contribution in [0.2, 0.25) is 0 Å². The van der Waals surface area contributed by atoms with Crippen LogP contribution in [-0.4, -0.2) is 55.8 Å². The minimum absolute atomic E-state index is 0.120. The Labute approximate surface area is 241 Å². The van der Waals surface area contributed by atoms with Crippen LogP contribution >= 0.6 is 0 Å². The predicted molar refractivity (Wildman–Crippen MR) is 158 cm³/mol. The van der Waals surface area contributed by atoms with E-state index in [1.807, 2.05) is 29.3 Å². The molecule has 1 aliphatic rings. The molecule has 4 heterocycles. The Hall–Kier alpha value is -5.06. The van der Waals surface area contributed by atoms with E-state index in [0.29, 0.717) is 42.3 Å². The lowest BCUT2D eigenvalue weighted by Crippen LogP contribution is -2.53. The molecule has 0 aliphatic carbocycles. The minimum Gasteiger partial charge on any atom is -0.457 e. The number of imidazole rings is 1. The van der Waals surface area contributed by atoms with Crippen molar-refractivity contribution in [1.29, 1.82) is 0 Å². The third-order valence-electron chi connectivity index (χ3n) is 7.63. The van der Waals surface area contributed by atoms with Gasteiger partial charge in [-0.25, -0.2) is 23.7 Å². The number of halogens is 2. The number of nitrogens with zero attached hydrogens (tertiary/aromatic N) is 6. The zero-order valence-corrected chi connectivity index (χ0v) is 23.4. The van der Waals surface area contributed by atoms with E-state index < -0.39 is 11.6 Å². The number of hydrogen-bond acceptors (Lipinski definition) is 7. The largest absolute Gasteiger partial charge is 0.457 e. The van der Waals surface area contributed by atoms with Crippen LogP contribution in [0.15, 0.2) is 67.8 Å². The number of aryl methyl sites for hydroxylation is 1. The summed E-state index contributed by atoms with van der Waals surface area (Å²) >= 11 is 0. The molecular weight excluding hydrogens is 540 g/mol. The standard InChI is InChI=1S/C31H29F2N7O2/c1-5-27(41)40-13-12-38(16-19(40)3)24-8-6-22-28(30(24)33)31(36-17-35-22)37-23-7-9-25(20(4)29(23)32)42-21-10-11-39-18(2)15-34-26(39)14-21/h5-11,14-15,17,19H,1,12-13,16H2,2-4H3,(H,35,36,37)/t19-/m1/s1. The zero-order valence-electron chi connectivity index (χ0n) is 23.4. The molecule has 1 N–H and O–H groups in total. The maximum atomic E-state index is 16.1. The van der Waals surface area contributed by atoms with Crippen molar-refractivity contribution >= 4 is 39.6 Å². The van der Waals surface area contributed by atoms with Gasteiger partial charge in [0.25, 0.3) is 0 Å². The number of fused-ring (bicyclic) bond motifs is 2. The summed E-state index contributed by atoms with van der Waals surface area (Å²) in [5.41, 5.74) is 2.85. The summed E-state index contributed by atoms with van der Waals surface area (Å²) in [6, 6.07) is 10.0. The molecule has 0 bridgehead atoms. The third-order valence-corrected chi connectivity index (χ3v) is 7.63. The molecule has 1 amide bonds. The molecular formula is C31H29F2N7O2. The van der Waals surface area contributed by atoms with Crippen LogP contribution < -0.4 is 15.0 Å². The molecule has 0 spiro atoms. The second-order valence-electron chi connectivity index (χ2n) is 10.3. The molecule has 0 unspecified atom stereocenters. The number of carbonyl (C=O) groups is 1. The Morgan fingerprint density at radius 3 is 2.71 bits per heavy atom. The maximum Gasteiger partial charge on any atom is 0.246 e. The second-order valence-corrected chi connectivity index (χ2v) is 10.3. The first-order valence-electron chi connectivity index (χ1n) is 13.5. The van der Waals surface area contributed by atoms with Gasteiger partial charge in [-0.2, -0.15) is 0 Å². The fourth-order valence-electron chi connectivity index (χ4n) is 5.34. The summed E-state index contributed by atoms with van der Waals surface area (Å²) in [4.78, 5) is 28.6. The van der Waals surface area contributed by atoms with E-state index in [0.717, 1.165) is 11.3 Å². The molecule has 5 aromatic rings. The van der Waals surface area contributed by atoms with Crippen molar-refractivity contribution in [3.63, 3.8) is 0 Å². The Balaban J connectivity index is 1.28. The molecule has 1 saturated heterocycles. The van der Waals surface area contributed by atoms with Crippen LogP contribution in [0.4, 0.5) is 26.0 Å². The number of hydrogen-bond donors (Lipinski definition) is 1. The van der Waals surface area contributed by atoms with Crippen molar-refractivity contribution in [2.75, 3.05) is 29.9 Å². The summed E-state index contributed by atoms with van der Waals surface area (Å²) in [7, 11) is 0. The molecule has 11 heteroatoms. The van der Waals surface area contributed by atoms with Crippen molar-refractivity contribution in [2.24, 2.45) is 0 Å². The van der Waals surface area contributed by atoms with Gasteiger partial charge in [-0.15, -0.1) is 0 Å². The van der Waals surface area contributed by atoms with Crippen molar-refractivity contribution in [3.05, 3.63) is 90.7 Å². The van der Waals surface area contributed by atoms with Gasteiger partial charge in [-0.1, -0.05) is 6.58 Å². The number of nitrogens with one attached hydrogen (secondary N) is 1. The summed E-state index contributed by atoms with van der Waals surface area (Å²) in [6.45, 7) is 10.4. The molecule has 0 saturated carbocycles. The van der Waals surface area contributed by atoms with Crippen molar-refractivity contribution in [2.45, 2.75) is 26.8 Å². The summed E-state index contributed by atoms with van der Waals surface area (Å²) < 4.78 is 39.6. The van der Waals surface area contributed by atoms with E-state index in [2.05, 4.69) is 26.8 Å². The Morgan fingerprint density at radius 1 is 1.10 bits per heavy atom. The summed E-state index contributed by atoms with van der Waals surface area (Å²) in [5.74, 6) is -0.214. The molecule has 1 atom stereocenters. The molecule has 42 heavy (non-hydrogen) atoms. The van der Waals surface area contributed by atoms with E-state index in [4.69, 9.17) is 4.74 Å². The van der Waals surface area contributed by atoms with Crippen molar-refractivity contribution in [1.82, 2.24) is 24.3 Å². The fourth-order valence-corrected chi connectivity index (χ4v) is 5.34. The average molecular weight is 570 g/mol. The lowest BCUT2D eigenvalue weighted by atomic mass is 10.1. The number of carbonyl (C=O) groups excluding carboxylic acids is 1. The highest BCUT2D eigenvalue weighted by molar-refractivity contribution is 5.94. The number of benzene rings is 2. The van der Waals surface area contributed by atoms with Crippen LogP contribution in [0.25, 0.3) is 16.6 Å². The lowest BCUT2D eigenvalue weighted by molar-refractivity contribution is -0.128. The number of ether oxygens (including phenoxy) is 1. The average Bonchev–Trinajstić information content (AvgIpc) is 3.36. The van der Waals surface area contributed by atoms with Gasteiger partial charge in [0.2, 0.25) is 5.91 Å². The molecule has 214 valence electrons. The van der Waals surface area contributed by atoms with Gasteiger partial charge in [0, 0.05) is 55.4 Å². The van der Waals surface area contributed by atoms with Gasteiger partial charge in [0.15, 0.2) is 11.6 Å². The first-order chi connectivity index (χ1) is 20.2. The highest BCUT2D eigenvalue weighted by Crippen LogP contribution is 2.36. The highest BCUT2D eigenvalue weighted by Gasteiger charge is 2.28. The number of rotatable bonds is 6. The Morgan fingerprint density at radius 2 is 1.93 bits per heavy atom. The molecule has 6 rings (SSSR count). The lowest BCUT2D eigenvalue weighted by Gasteiger charge is -2.40. The number of amides is 1. The van der Waals surface area contributed by atoms with Gasteiger partial charge in [0.1, 0.15) is 29.3 Å². The number of anilines is 3. The molecule has 3 aromatic heterocycles. The van der Waals surface area contributed by atoms with Gasteiger partial charge in [0.05, 0.1) is 22.3 Å². The molecule has 1 aliphatic heterocycles. The third kappa shape index (κ3) is 4.76. The molecule has 1 fully saturated rings. The number of aromatic nitrogens is 4.